The van der Waals surface area contributed by atoms with Crippen LogP contribution in [0, 0.1) is 6.92 Å². The highest BCUT2D eigenvalue weighted by Crippen LogP contribution is 2.27. The van der Waals surface area contributed by atoms with E-state index in [9.17, 15) is 4.79 Å². The average molecular weight is 337 g/mol. The maximum absolute atomic E-state index is 10.9. The third-order valence-corrected chi connectivity index (χ3v) is 4.31. The molecule has 0 radical (unpaired) electrons. The van der Waals surface area contributed by atoms with E-state index in [1.165, 1.54) is 6.92 Å². The van der Waals surface area contributed by atoms with Gasteiger partial charge in [-0.05, 0) is 41.8 Å². The quantitative estimate of drug-likeness (QED) is 0.840. The molecule has 5 heteroatoms. The number of rotatable bonds is 5. The molecule has 0 unspecified atom stereocenters. The Labute approximate surface area is 140 Å². The highest BCUT2D eigenvalue weighted by atomic mass is 35.5. The molecular weight excluding hydrogens is 319 g/mol. The Morgan fingerprint density at radius 1 is 1.05 bits per heavy atom. The van der Waals surface area contributed by atoms with Crippen LogP contribution in [0.5, 0.6) is 0 Å². The van der Waals surface area contributed by atoms with Crippen molar-refractivity contribution in [3.63, 3.8) is 0 Å². The summed E-state index contributed by atoms with van der Waals surface area (Å²) in [7, 11) is 0. The summed E-state index contributed by atoms with van der Waals surface area (Å²) in [5.41, 5.74) is 3.95. The van der Waals surface area contributed by atoms with Gasteiger partial charge in [-0.15, -0.1) is 0 Å². The molecule has 22 heavy (non-hydrogen) atoms. The summed E-state index contributed by atoms with van der Waals surface area (Å²) in [4.78, 5) is 10.9. The lowest BCUT2D eigenvalue weighted by Crippen LogP contribution is -2.18. The largest absolute Gasteiger partial charge is 0.381 e. The Balaban J connectivity index is 1.97. The molecule has 0 aromatic heterocycles. The lowest BCUT2D eigenvalue weighted by atomic mass is 10.1. The average Bonchev–Trinajstić information content (AvgIpc) is 2.51. The number of hydrogen-bond donors (Lipinski definition) is 2. The van der Waals surface area contributed by atoms with E-state index in [-0.39, 0.29) is 5.91 Å². The van der Waals surface area contributed by atoms with Crippen molar-refractivity contribution >= 4 is 34.8 Å². The monoisotopic (exact) mass is 336 g/mol. The van der Waals surface area contributed by atoms with E-state index in [4.69, 9.17) is 23.2 Å². The summed E-state index contributed by atoms with van der Waals surface area (Å²) in [5.74, 6) is -0.0325. The number of carbonyl (C=O) groups excluding carboxylic acids is 1. The topological polar surface area (TPSA) is 41.1 Å². The Morgan fingerprint density at radius 2 is 1.73 bits per heavy atom. The number of halogens is 2. The molecule has 116 valence electrons. The third-order valence-electron chi connectivity index (χ3n) is 3.38. The SMILES string of the molecule is CC(=O)NCc1ccc(NCc2ccc(Cl)c(C)c2Cl)cc1. The molecule has 2 N–H and O–H groups in total. The minimum Gasteiger partial charge on any atom is -0.381 e. The molecule has 0 atom stereocenters. The van der Waals surface area contributed by atoms with Crippen LogP contribution in [-0.2, 0) is 17.9 Å². The number of anilines is 1. The van der Waals surface area contributed by atoms with Crippen LogP contribution in [0.2, 0.25) is 10.0 Å². The van der Waals surface area contributed by atoms with Gasteiger partial charge in [0.1, 0.15) is 0 Å². The first-order valence-corrected chi connectivity index (χ1v) is 7.73. The summed E-state index contributed by atoms with van der Waals surface area (Å²) in [5, 5.41) is 7.47. The van der Waals surface area contributed by atoms with Crippen molar-refractivity contribution in [3.05, 3.63) is 63.1 Å². The molecular formula is C17H18Cl2N2O. The van der Waals surface area contributed by atoms with Crippen molar-refractivity contribution in [2.75, 3.05) is 5.32 Å². The zero-order valence-electron chi connectivity index (χ0n) is 12.5. The highest BCUT2D eigenvalue weighted by molar-refractivity contribution is 6.36. The highest BCUT2D eigenvalue weighted by Gasteiger charge is 2.06. The maximum Gasteiger partial charge on any atom is 0.217 e. The fraction of sp³-hybridized carbons (Fsp3) is 0.235. The number of amides is 1. The minimum atomic E-state index is -0.0325. The van der Waals surface area contributed by atoms with Gasteiger partial charge in [-0.2, -0.15) is 0 Å². The summed E-state index contributed by atoms with van der Waals surface area (Å²) in [6.07, 6.45) is 0. The van der Waals surface area contributed by atoms with E-state index >= 15 is 0 Å². The van der Waals surface area contributed by atoms with Gasteiger partial charge in [-0.3, -0.25) is 4.79 Å². The second-order valence-corrected chi connectivity index (χ2v) is 5.89. The van der Waals surface area contributed by atoms with E-state index in [0.717, 1.165) is 22.4 Å². The summed E-state index contributed by atoms with van der Waals surface area (Å²) < 4.78 is 0. The van der Waals surface area contributed by atoms with Gasteiger partial charge in [0.05, 0.1) is 0 Å². The smallest absolute Gasteiger partial charge is 0.217 e. The fourth-order valence-electron chi connectivity index (χ4n) is 2.02. The van der Waals surface area contributed by atoms with E-state index in [2.05, 4.69) is 10.6 Å². The molecule has 0 spiro atoms. The van der Waals surface area contributed by atoms with Gasteiger partial charge in [-0.1, -0.05) is 41.4 Å². The third kappa shape index (κ3) is 4.39. The van der Waals surface area contributed by atoms with Crippen molar-refractivity contribution in [3.8, 4) is 0 Å². The number of nitrogens with one attached hydrogen (secondary N) is 2. The van der Waals surface area contributed by atoms with Crippen LogP contribution in [-0.4, -0.2) is 5.91 Å². The van der Waals surface area contributed by atoms with Gasteiger partial charge in [0, 0.05) is 35.7 Å². The van der Waals surface area contributed by atoms with Crippen molar-refractivity contribution in [1.82, 2.24) is 5.32 Å². The van der Waals surface area contributed by atoms with Gasteiger partial charge in [0.15, 0.2) is 0 Å². The van der Waals surface area contributed by atoms with Crippen molar-refractivity contribution < 1.29 is 4.79 Å². The molecule has 1 amide bonds. The van der Waals surface area contributed by atoms with Crippen molar-refractivity contribution in [1.29, 1.82) is 0 Å². The molecule has 0 aliphatic rings. The molecule has 0 saturated heterocycles. The van der Waals surface area contributed by atoms with Crippen LogP contribution in [0.25, 0.3) is 0 Å². The summed E-state index contributed by atoms with van der Waals surface area (Å²) in [6, 6.07) is 11.7. The Bertz CT molecular complexity index is 669. The zero-order valence-corrected chi connectivity index (χ0v) is 14.1. The van der Waals surface area contributed by atoms with E-state index in [0.29, 0.717) is 23.1 Å². The molecule has 0 bridgehead atoms. The van der Waals surface area contributed by atoms with Crippen LogP contribution in [0.4, 0.5) is 5.69 Å². The van der Waals surface area contributed by atoms with Crippen LogP contribution in [0.3, 0.4) is 0 Å². The normalized spacial score (nSPS) is 10.4. The molecule has 2 rings (SSSR count). The van der Waals surface area contributed by atoms with Crippen LogP contribution in [0.15, 0.2) is 36.4 Å². The first-order valence-electron chi connectivity index (χ1n) is 6.98. The lowest BCUT2D eigenvalue weighted by Gasteiger charge is -2.11. The number of hydrogen-bond acceptors (Lipinski definition) is 2. The molecule has 2 aromatic carbocycles. The van der Waals surface area contributed by atoms with Gasteiger partial charge in [-0.25, -0.2) is 0 Å². The van der Waals surface area contributed by atoms with E-state index in [1.807, 2.05) is 43.3 Å². The molecule has 0 saturated carbocycles. The second-order valence-electron chi connectivity index (χ2n) is 5.11. The molecule has 0 heterocycles. The number of carbonyl (C=O) groups is 1. The molecule has 0 aliphatic heterocycles. The van der Waals surface area contributed by atoms with Crippen LogP contribution in [0.1, 0.15) is 23.6 Å². The van der Waals surface area contributed by atoms with Gasteiger partial charge in [0.25, 0.3) is 0 Å². The summed E-state index contributed by atoms with van der Waals surface area (Å²) in [6.45, 7) is 4.58. The summed E-state index contributed by atoms with van der Waals surface area (Å²) >= 11 is 12.3. The first kappa shape index (κ1) is 16.7. The number of benzene rings is 2. The fourth-order valence-corrected chi connectivity index (χ4v) is 2.46. The van der Waals surface area contributed by atoms with Crippen molar-refractivity contribution in [2.24, 2.45) is 0 Å². The van der Waals surface area contributed by atoms with E-state index < -0.39 is 0 Å². The first-order chi connectivity index (χ1) is 10.5. The van der Waals surface area contributed by atoms with Crippen LogP contribution < -0.4 is 10.6 Å². The standard InChI is InChI=1S/C17H18Cl2N2O/c1-11-16(18)8-5-14(17(11)19)10-21-15-6-3-13(4-7-15)9-20-12(2)22/h3-8,21H,9-10H2,1-2H3,(H,20,22). The molecule has 0 fully saturated rings. The minimum absolute atomic E-state index is 0.0325. The predicted molar refractivity (Wildman–Crippen MR) is 92.5 cm³/mol. The Hall–Kier alpha value is -1.71. The van der Waals surface area contributed by atoms with Gasteiger partial charge < -0.3 is 10.6 Å². The van der Waals surface area contributed by atoms with Crippen molar-refractivity contribution in [2.45, 2.75) is 26.9 Å². The second kappa shape index (κ2) is 7.52. The molecule has 0 aliphatic carbocycles. The Kier molecular flexibility index (Phi) is 5.69. The predicted octanol–water partition coefficient (Wildman–Crippen LogP) is 4.55. The van der Waals surface area contributed by atoms with E-state index in [1.54, 1.807) is 0 Å². The zero-order chi connectivity index (χ0) is 16.1. The van der Waals surface area contributed by atoms with Gasteiger partial charge in [0.2, 0.25) is 5.91 Å². The lowest BCUT2D eigenvalue weighted by molar-refractivity contribution is -0.119. The van der Waals surface area contributed by atoms with Gasteiger partial charge >= 0.3 is 0 Å². The maximum atomic E-state index is 10.9. The van der Waals surface area contributed by atoms with Crippen LogP contribution >= 0.6 is 23.2 Å². The molecule has 2 aromatic rings. The molecule has 3 nitrogen and oxygen atoms in total. The Morgan fingerprint density at radius 3 is 2.36 bits per heavy atom.